The first-order valence-electron chi connectivity index (χ1n) is 11.1. The van der Waals surface area contributed by atoms with Crippen molar-refractivity contribution in [2.45, 2.75) is 92.4 Å². The third-order valence-electron chi connectivity index (χ3n) is 4.93. The number of aliphatic carboxylic acids is 1. The third kappa shape index (κ3) is 10.6. The normalized spacial score (nSPS) is 15.5. The quantitative estimate of drug-likeness (QED) is 0.290. The van der Waals surface area contributed by atoms with E-state index in [0.29, 0.717) is 6.42 Å². The highest BCUT2D eigenvalue weighted by Crippen LogP contribution is 2.11. The third-order valence-corrected chi connectivity index (χ3v) is 4.93. The molecule has 0 aliphatic carbocycles. The van der Waals surface area contributed by atoms with Gasteiger partial charge in [0.2, 0.25) is 17.7 Å². The highest BCUT2D eigenvalue weighted by atomic mass is 16.4. The lowest BCUT2D eigenvalue weighted by atomic mass is 9.98. The van der Waals surface area contributed by atoms with Crippen molar-refractivity contribution in [3.63, 3.8) is 0 Å². The zero-order valence-corrected chi connectivity index (χ0v) is 20.2. The lowest BCUT2D eigenvalue weighted by molar-refractivity contribution is -0.143. The fourth-order valence-corrected chi connectivity index (χ4v) is 3.02. The van der Waals surface area contributed by atoms with Gasteiger partial charge in [-0.05, 0) is 36.5 Å². The highest BCUT2D eigenvalue weighted by Gasteiger charge is 2.32. The number of carboxylic acid groups (broad SMARTS) is 1. The van der Waals surface area contributed by atoms with Crippen LogP contribution in [0.5, 0.6) is 0 Å². The van der Waals surface area contributed by atoms with Gasteiger partial charge in [-0.15, -0.1) is 0 Å². The largest absolute Gasteiger partial charge is 0.480 e. The Hall–Kier alpha value is -2.16. The molecule has 0 saturated carbocycles. The van der Waals surface area contributed by atoms with Crippen molar-refractivity contribution in [2.24, 2.45) is 29.4 Å². The van der Waals surface area contributed by atoms with Crippen LogP contribution in [0.15, 0.2) is 0 Å². The molecule has 0 heterocycles. The summed E-state index contributed by atoms with van der Waals surface area (Å²) in [5.74, 6) is -2.80. The number of carbonyl (C=O) groups excluding carboxylic acids is 3. The molecular formula is C22H42N4O5. The Morgan fingerprint density at radius 1 is 0.677 bits per heavy atom. The predicted molar refractivity (Wildman–Crippen MR) is 120 cm³/mol. The van der Waals surface area contributed by atoms with Gasteiger partial charge in [-0.2, -0.15) is 0 Å². The predicted octanol–water partition coefficient (Wildman–Crippen LogP) is 1.26. The summed E-state index contributed by atoms with van der Waals surface area (Å²) < 4.78 is 0. The first kappa shape index (κ1) is 28.8. The van der Waals surface area contributed by atoms with Gasteiger partial charge in [0, 0.05) is 0 Å². The summed E-state index contributed by atoms with van der Waals surface area (Å²) in [4.78, 5) is 49.6. The van der Waals surface area contributed by atoms with Crippen LogP contribution in [0.25, 0.3) is 0 Å². The van der Waals surface area contributed by atoms with E-state index >= 15 is 0 Å². The van der Waals surface area contributed by atoms with Crippen molar-refractivity contribution in [2.75, 3.05) is 0 Å². The summed E-state index contributed by atoms with van der Waals surface area (Å²) in [6.45, 7) is 14.7. The number of hydrogen-bond donors (Lipinski definition) is 5. The van der Waals surface area contributed by atoms with Crippen LogP contribution < -0.4 is 21.7 Å². The van der Waals surface area contributed by atoms with Gasteiger partial charge in [0.15, 0.2) is 0 Å². The zero-order chi connectivity index (χ0) is 24.5. The Balaban J connectivity index is 5.43. The van der Waals surface area contributed by atoms with Crippen LogP contribution in [-0.2, 0) is 19.2 Å². The Kier molecular flexibility index (Phi) is 12.4. The smallest absolute Gasteiger partial charge is 0.326 e. The molecule has 9 heteroatoms. The molecule has 0 aromatic rings. The molecule has 0 saturated heterocycles. The molecule has 3 amide bonds. The summed E-state index contributed by atoms with van der Waals surface area (Å²) in [7, 11) is 0. The van der Waals surface area contributed by atoms with Crippen molar-refractivity contribution in [1.82, 2.24) is 16.0 Å². The zero-order valence-electron chi connectivity index (χ0n) is 20.2. The van der Waals surface area contributed by atoms with E-state index in [1.165, 1.54) is 0 Å². The second-order valence-electron chi connectivity index (χ2n) is 9.72. The van der Waals surface area contributed by atoms with Crippen LogP contribution in [0.3, 0.4) is 0 Å². The number of amides is 3. The number of rotatable bonds is 13. The molecule has 0 rings (SSSR count). The number of carbonyl (C=O) groups is 4. The average molecular weight is 443 g/mol. The van der Waals surface area contributed by atoms with Crippen LogP contribution >= 0.6 is 0 Å². The SMILES string of the molecule is CC(C)C[C@H](NC(=O)[C@@H](NC(=O)[C@H](CC(C)C)NC(=O)[C@@H](N)C(C)C)C(C)C)C(=O)O. The van der Waals surface area contributed by atoms with Gasteiger partial charge in [0.05, 0.1) is 6.04 Å². The van der Waals surface area contributed by atoms with E-state index in [1.807, 2.05) is 41.5 Å². The molecule has 0 bridgehead atoms. The number of nitrogens with two attached hydrogens (primary N) is 1. The molecule has 9 nitrogen and oxygen atoms in total. The average Bonchev–Trinajstić information content (AvgIpc) is 2.62. The molecule has 0 fully saturated rings. The number of nitrogens with one attached hydrogen (secondary N) is 3. The van der Waals surface area contributed by atoms with E-state index in [2.05, 4.69) is 16.0 Å². The maximum Gasteiger partial charge on any atom is 0.326 e. The Morgan fingerprint density at radius 2 is 1.13 bits per heavy atom. The molecule has 0 radical (unpaired) electrons. The minimum Gasteiger partial charge on any atom is -0.480 e. The lowest BCUT2D eigenvalue weighted by Gasteiger charge is -2.28. The van der Waals surface area contributed by atoms with Crippen LogP contribution in [0.2, 0.25) is 0 Å². The molecule has 4 atom stereocenters. The van der Waals surface area contributed by atoms with E-state index < -0.39 is 47.9 Å². The molecule has 180 valence electrons. The molecule has 31 heavy (non-hydrogen) atoms. The van der Waals surface area contributed by atoms with Gasteiger partial charge >= 0.3 is 5.97 Å². The van der Waals surface area contributed by atoms with E-state index in [4.69, 9.17) is 5.73 Å². The molecule has 0 unspecified atom stereocenters. The van der Waals surface area contributed by atoms with Gasteiger partial charge in [0.1, 0.15) is 18.1 Å². The van der Waals surface area contributed by atoms with E-state index in [-0.39, 0.29) is 30.1 Å². The van der Waals surface area contributed by atoms with Crippen molar-refractivity contribution < 1.29 is 24.3 Å². The van der Waals surface area contributed by atoms with Crippen molar-refractivity contribution in [3.05, 3.63) is 0 Å². The van der Waals surface area contributed by atoms with E-state index in [0.717, 1.165) is 0 Å². The molecule has 0 aromatic carbocycles. The fourth-order valence-electron chi connectivity index (χ4n) is 3.02. The minimum absolute atomic E-state index is 0.0734. The Morgan fingerprint density at radius 3 is 1.52 bits per heavy atom. The molecule has 0 spiro atoms. The first-order valence-corrected chi connectivity index (χ1v) is 11.1. The molecular weight excluding hydrogens is 400 g/mol. The van der Waals surface area contributed by atoms with Gasteiger partial charge in [0.25, 0.3) is 0 Å². The van der Waals surface area contributed by atoms with Crippen molar-refractivity contribution in [1.29, 1.82) is 0 Å². The summed E-state index contributed by atoms with van der Waals surface area (Å²) in [5.41, 5.74) is 5.90. The molecule has 0 aliphatic heterocycles. The molecule has 0 aliphatic rings. The topological polar surface area (TPSA) is 151 Å². The van der Waals surface area contributed by atoms with Crippen molar-refractivity contribution in [3.8, 4) is 0 Å². The maximum absolute atomic E-state index is 13.0. The van der Waals surface area contributed by atoms with Crippen molar-refractivity contribution >= 4 is 23.7 Å². The number of hydrogen-bond acceptors (Lipinski definition) is 5. The monoisotopic (exact) mass is 442 g/mol. The van der Waals surface area contributed by atoms with Gasteiger partial charge in [-0.25, -0.2) is 4.79 Å². The lowest BCUT2D eigenvalue weighted by Crippen LogP contribution is -2.59. The first-order chi connectivity index (χ1) is 14.2. The highest BCUT2D eigenvalue weighted by molar-refractivity contribution is 5.94. The van der Waals surface area contributed by atoms with Crippen LogP contribution in [-0.4, -0.2) is 53.0 Å². The van der Waals surface area contributed by atoms with Gasteiger partial charge < -0.3 is 26.8 Å². The van der Waals surface area contributed by atoms with Gasteiger partial charge in [-0.1, -0.05) is 55.4 Å². The van der Waals surface area contributed by atoms with E-state index in [1.54, 1.807) is 13.8 Å². The maximum atomic E-state index is 13.0. The number of carboxylic acids is 1. The standard InChI is InChI=1S/C22H42N4O5/c1-11(2)9-15(24-20(28)17(23)13(5)6)19(27)26-18(14(7)8)21(29)25-16(22(30)31)10-12(3)4/h11-18H,9-10,23H2,1-8H3,(H,24,28)(H,25,29)(H,26,27)(H,30,31)/t15-,16-,17-,18-/m0/s1. The van der Waals surface area contributed by atoms with Crippen LogP contribution in [0.4, 0.5) is 0 Å². The van der Waals surface area contributed by atoms with Crippen LogP contribution in [0, 0.1) is 23.7 Å². The Labute approximate surface area is 186 Å². The van der Waals surface area contributed by atoms with Gasteiger partial charge in [-0.3, -0.25) is 14.4 Å². The van der Waals surface area contributed by atoms with Crippen LogP contribution in [0.1, 0.15) is 68.2 Å². The molecule has 0 aromatic heterocycles. The summed E-state index contributed by atoms with van der Waals surface area (Å²) >= 11 is 0. The second-order valence-corrected chi connectivity index (χ2v) is 9.72. The summed E-state index contributed by atoms with van der Waals surface area (Å²) in [5, 5.41) is 17.3. The summed E-state index contributed by atoms with van der Waals surface area (Å²) in [6, 6.07) is -3.58. The minimum atomic E-state index is -1.12. The molecule has 6 N–H and O–H groups in total. The summed E-state index contributed by atoms with van der Waals surface area (Å²) in [6.07, 6.45) is 0.652. The Bertz CT molecular complexity index is 619. The second kappa shape index (κ2) is 13.3. The fraction of sp³-hybridized carbons (Fsp3) is 0.818. The van der Waals surface area contributed by atoms with E-state index in [9.17, 15) is 24.3 Å².